The first kappa shape index (κ1) is 10.7. The van der Waals surface area contributed by atoms with E-state index in [1.165, 1.54) is 0 Å². The van der Waals surface area contributed by atoms with Crippen LogP contribution in [0.3, 0.4) is 0 Å². The molecule has 0 bridgehead atoms. The number of rotatable bonds is 1. The number of hydrogen-bond donors (Lipinski definition) is 1. The van der Waals surface area contributed by atoms with Crippen molar-refractivity contribution < 1.29 is 22.0 Å². The summed E-state index contributed by atoms with van der Waals surface area (Å²) in [6.07, 6.45) is -7.14. The van der Waals surface area contributed by atoms with Crippen molar-refractivity contribution in [3.63, 3.8) is 0 Å². The predicted octanol–water partition coefficient (Wildman–Crippen LogP) is 2.62. The molecule has 0 aliphatic rings. The summed E-state index contributed by atoms with van der Waals surface area (Å²) in [4.78, 5) is 2.84. The van der Waals surface area contributed by atoms with E-state index >= 15 is 0 Å². The third kappa shape index (κ3) is 2.09. The SMILES string of the molecule is Nc1cc(C(F)F)cnc1C(F)(F)F. The minimum absolute atomic E-state index is 0.462. The summed E-state index contributed by atoms with van der Waals surface area (Å²) in [5, 5.41) is 0. The van der Waals surface area contributed by atoms with Gasteiger partial charge >= 0.3 is 6.18 Å². The van der Waals surface area contributed by atoms with Gasteiger partial charge in [-0.3, -0.25) is 0 Å². The van der Waals surface area contributed by atoms with Crippen LogP contribution < -0.4 is 5.73 Å². The second kappa shape index (κ2) is 3.39. The summed E-state index contributed by atoms with van der Waals surface area (Å²) in [7, 11) is 0. The van der Waals surface area contributed by atoms with Crippen molar-refractivity contribution >= 4 is 5.69 Å². The Morgan fingerprint density at radius 2 is 1.86 bits per heavy atom. The Labute approximate surface area is 75.5 Å². The van der Waals surface area contributed by atoms with Gasteiger partial charge in [-0.05, 0) is 6.07 Å². The fourth-order valence-corrected chi connectivity index (χ4v) is 0.855. The van der Waals surface area contributed by atoms with Crippen molar-refractivity contribution in [2.24, 2.45) is 0 Å². The molecule has 0 fully saturated rings. The van der Waals surface area contributed by atoms with Crippen LogP contribution in [0.1, 0.15) is 17.7 Å². The zero-order valence-electron chi connectivity index (χ0n) is 6.65. The van der Waals surface area contributed by atoms with E-state index in [0.29, 0.717) is 12.3 Å². The predicted molar refractivity (Wildman–Crippen MR) is 38.6 cm³/mol. The van der Waals surface area contributed by atoms with E-state index in [2.05, 4.69) is 4.98 Å². The number of nitrogens with zero attached hydrogens (tertiary/aromatic N) is 1. The second-order valence-electron chi connectivity index (χ2n) is 2.50. The highest BCUT2D eigenvalue weighted by Gasteiger charge is 2.35. The Kier molecular flexibility index (Phi) is 2.59. The van der Waals surface area contributed by atoms with Gasteiger partial charge in [-0.25, -0.2) is 13.8 Å². The molecule has 7 heteroatoms. The Morgan fingerprint density at radius 3 is 2.21 bits per heavy atom. The smallest absolute Gasteiger partial charge is 0.397 e. The van der Waals surface area contributed by atoms with Gasteiger partial charge in [-0.1, -0.05) is 0 Å². The summed E-state index contributed by atoms with van der Waals surface area (Å²) in [6, 6.07) is 0.570. The van der Waals surface area contributed by atoms with Crippen LogP contribution in [-0.4, -0.2) is 4.98 Å². The van der Waals surface area contributed by atoms with E-state index in [1.54, 1.807) is 0 Å². The van der Waals surface area contributed by atoms with Crippen LogP contribution in [-0.2, 0) is 6.18 Å². The standard InChI is InChI=1S/C7H5F5N2/c8-6(9)3-1-4(13)5(14-2-3)7(10,11)12/h1-2,6H,13H2. The van der Waals surface area contributed by atoms with Crippen molar-refractivity contribution in [3.8, 4) is 0 Å². The maximum atomic E-state index is 12.1. The van der Waals surface area contributed by atoms with Gasteiger partial charge < -0.3 is 5.73 Å². The topological polar surface area (TPSA) is 38.9 Å². The van der Waals surface area contributed by atoms with Crippen LogP contribution in [0.25, 0.3) is 0 Å². The van der Waals surface area contributed by atoms with Gasteiger partial charge in [-0.2, -0.15) is 13.2 Å². The Morgan fingerprint density at radius 1 is 1.29 bits per heavy atom. The zero-order valence-corrected chi connectivity index (χ0v) is 6.65. The van der Waals surface area contributed by atoms with Gasteiger partial charge in [-0.15, -0.1) is 0 Å². The summed E-state index contributed by atoms with van der Waals surface area (Å²) in [6.45, 7) is 0. The lowest BCUT2D eigenvalue weighted by molar-refractivity contribution is -0.140. The molecule has 0 aliphatic carbocycles. The van der Waals surface area contributed by atoms with E-state index in [9.17, 15) is 22.0 Å². The summed E-state index contributed by atoms with van der Waals surface area (Å²) in [5.41, 5.74) is 2.16. The molecule has 1 aromatic rings. The molecule has 2 nitrogen and oxygen atoms in total. The van der Waals surface area contributed by atoms with Gasteiger partial charge in [0.25, 0.3) is 6.43 Å². The van der Waals surface area contributed by atoms with E-state index in [1.807, 2.05) is 0 Å². The largest absolute Gasteiger partial charge is 0.435 e. The normalized spacial score (nSPS) is 12.1. The highest BCUT2D eigenvalue weighted by molar-refractivity contribution is 5.46. The number of anilines is 1. The minimum atomic E-state index is -4.72. The monoisotopic (exact) mass is 212 g/mol. The number of alkyl halides is 5. The molecule has 14 heavy (non-hydrogen) atoms. The molecular formula is C7H5F5N2. The van der Waals surface area contributed by atoms with Crippen LogP contribution in [0.4, 0.5) is 27.6 Å². The zero-order chi connectivity index (χ0) is 10.9. The van der Waals surface area contributed by atoms with Crippen LogP contribution in [0.2, 0.25) is 0 Å². The molecule has 0 radical (unpaired) electrons. The number of pyridine rings is 1. The molecule has 0 unspecified atom stereocenters. The third-order valence-corrected chi connectivity index (χ3v) is 1.46. The van der Waals surface area contributed by atoms with E-state index in [4.69, 9.17) is 5.73 Å². The highest BCUT2D eigenvalue weighted by atomic mass is 19.4. The molecule has 0 saturated carbocycles. The molecule has 78 valence electrons. The maximum absolute atomic E-state index is 12.1. The molecule has 0 aliphatic heterocycles. The first-order valence-electron chi connectivity index (χ1n) is 3.43. The van der Waals surface area contributed by atoms with Gasteiger partial charge in [0.2, 0.25) is 0 Å². The maximum Gasteiger partial charge on any atom is 0.435 e. The van der Waals surface area contributed by atoms with Crippen molar-refractivity contribution in [1.82, 2.24) is 4.98 Å². The quantitative estimate of drug-likeness (QED) is 0.726. The molecule has 0 spiro atoms. The Hall–Kier alpha value is -1.40. The number of nitrogens with two attached hydrogens (primary N) is 1. The summed E-state index contributed by atoms with van der Waals surface area (Å²) >= 11 is 0. The lowest BCUT2D eigenvalue weighted by atomic mass is 10.2. The lowest BCUT2D eigenvalue weighted by Gasteiger charge is -2.09. The summed E-state index contributed by atoms with van der Waals surface area (Å²) < 4.78 is 60.2. The molecule has 1 rings (SSSR count). The average Bonchev–Trinajstić information content (AvgIpc) is 2.01. The van der Waals surface area contributed by atoms with Gasteiger partial charge in [0.15, 0.2) is 5.69 Å². The van der Waals surface area contributed by atoms with Crippen molar-refractivity contribution in [2.45, 2.75) is 12.6 Å². The van der Waals surface area contributed by atoms with Crippen molar-refractivity contribution in [1.29, 1.82) is 0 Å². The molecule has 0 atom stereocenters. The molecule has 1 aromatic heterocycles. The van der Waals surface area contributed by atoms with Crippen LogP contribution >= 0.6 is 0 Å². The fourth-order valence-electron chi connectivity index (χ4n) is 0.855. The summed E-state index contributed by atoms with van der Waals surface area (Å²) in [5.74, 6) is 0. The second-order valence-corrected chi connectivity index (χ2v) is 2.50. The van der Waals surface area contributed by atoms with Crippen molar-refractivity contribution in [2.75, 3.05) is 5.73 Å². The van der Waals surface area contributed by atoms with E-state index < -0.39 is 29.5 Å². The Balaban J connectivity index is 3.15. The van der Waals surface area contributed by atoms with Crippen molar-refractivity contribution in [3.05, 3.63) is 23.5 Å². The molecule has 0 saturated heterocycles. The highest BCUT2D eigenvalue weighted by Crippen LogP contribution is 2.33. The Bertz CT molecular complexity index is 333. The van der Waals surface area contributed by atoms with Crippen LogP contribution in [0.15, 0.2) is 12.3 Å². The van der Waals surface area contributed by atoms with E-state index in [-0.39, 0.29) is 0 Å². The van der Waals surface area contributed by atoms with E-state index in [0.717, 1.165) is 0 Å². The molecule has 0 amide bonds. The fraction of sp³-hybridized carbons (Fsp3) is 0.286. The number of aromatic nitrogens is 1. The van der Waals surface area contributed by atoms with Gasteiger partial charge in [0.05, 0.1) is 5.69 Å². The number of nitrogen functional groups attached to an aromatic ring is 1. The number of halogens is 5. The molecule has 2 N–H and O–H groups in total. The van der Waals surface area contributed by atoms with Crippen LogP contribution in [0.5, 0.6) is 0 Å². The lowest BCUT2D eigenvalue weighted by Crippen LogP contribution is -2.12. The number of hydrogen-bond acceptors (Lipinski definition) is 2. The third-order valence-electron chi connectivity index (χ3n) is 1.46. The molecule has 0 aromatic carbocycles. The van der Waals surface area contributed by atoms with Gasteiger partial charge in [0, 0.05) is 11.8 Å². The molecular weight excluding hydrogens is 207 g/mol. The van der Waals surface area contributed by atoms with Gasteiger partial charge in [0.1, 0.15) is 0 Å². The molecule has 1 heterocycles. The minimum Gasteiger partial charge on any atom is -0.397 e. The average molecular weight is 212 g/mol. The first-order valence-corrected chi connectivity index (χ1v) is 3.43. The first-order chi connectivity index (χ1) is 6.32. The van der Waals surface area contributed by atoms with Crippen LogP contribution in [0, 0.1) is 0 Å².